The third kappa shape index (κ3) is 4.61. The summed E-state index contributed by atoms with van der Waals surface area (Å²) < 4.78 is 39.0. The third-order valence-electron chi connectivity index (χ3n) is 2.91. The molecule has 2 N–H and O–H groups in total. The summed E-state index contributed by atoms with van der Waals surface area (Å²) in [7, 11) is -0.807. The lowest BCUT2D eigenvalue weighted by atomic mass is 9.92. The van der Waals surface area contributed by atoms with E-state index in [4.69, 9.17) is 24.0 Å². The van der Waals surface area contributed by atoms with Gasteiger partial charge in [0.1, 0.15) is 26.7 Å². The molecule has 1 aliphatic rings. The van der Waals surface area contributed by atoms with Gasteiger partial charge in [-0.25, -0.2) is 4.39 Å². The Kier molecular flexibility index (Phi) is 6.24. The zero-order chi connectivity index (χ0) is 13.8. The third-order valence-corrected chi connectivity index (χ3v) is 3.75. The van der Waals surface area contributed by atoms with Gasteiger partial charge in [-0.15, -0.1) is 0 Å². The van der Waals surface area contributed by atoms with Crippen molar-refractivity contribution in [1.82, 2.24) is 0 Å². The van der Waals surface area contributed by atoms with Gasteiger partial charge in [-0.05, 0) is 6.42 Å². The number of hydrogen-bond donors (Lipinski definition) is 2. The van der Waals surface area contributed by atoms with Crippen LogP contribution in [-0.4, -0.2) is 68.5 Å². The van der Waals surface area contributed by atoms with E-state index in [2.05, 4.69) is 0 Å². The number of rotatable bonds is 7. The van der Waals surface area contributed by atoms with Crippen molar-refractivity contribution in [3.05, 3.63) is 0 Å². The van der Waals surface area contributed by atoms with Gasteiger partial charge in [-0.2, -0.15) is 0 Å². The quantitative estimate of drug-likeness (QED) is 0.474. The Bertz CT molecular complexity index is 301. The summed E-state index contributed by atoms with van der Waals surface area (Å²) in [5.41, 5.74) is 0. The first-order chi connectivity index (χ1) is 8.39. The second-order valence-corrected chi connectivity index (χ2v) is 6.06. The van der Waals surface area contributed by atoms with E-state index in [0.717, 1.165) is 0 Å². The van der Waals surface area contributed by atoms with E-state index in [-0.39, 0.29) is 25.2 Å². The van der Waals surface area contributed by atoms with Gasteiger partial charge in [-0.3, -0.25) is 4.57 Å². The van der Waals surface area contributed by atoms with Crippen LogP contribution >= 0.6 is 7.60 Å². The van der Waals surface area contributed by atoms with Crippen LogP contribution in [0.15, 0.2) is 0 Å². The fourth-order valence-electron chi connectivity index (χ4n) is 2.13. The van der Waals surface area contributed by atoms with Crippen molar-refractivity contribution in [2.75, 3.05) is 26.6 Å². The average molecular weight is 284 g/mol. The fourth-order valence-corrected chi connectivity index (χ4v) is 2.72. The van der Waals surface area contributed by atoms with E-state index in [1.807, 2.05) is 0 Å². The minimum atomic E-state index is -4.05. The Morgan fingerprint density at radius 3 is 2.61 bits per heavy atom. The van der Waals surface area contributed by atoms with E-state index < -0.39 is 32.6 Å². The Morgan fingerprint density at radius 2 is 2.11 bits per heavy atom. The molecule has 1 fully saturated rings. The van der Waals surface area contributed by atoms with Crippen molar-refractivity contribution >= 4 is 15.4 Å². The van der Waals surface area contributed by atoms with Crippen LogP contribution in [0.25, 0.3) is 0 Å². The van der Waals surface area contributed by atoms with Crippen molar-refractivity contribution in [3.63, 3.8) is 0 Å². The number of alkyl halides is 1. The van der Waals surface area contributed by atoms with Crippen LogP contribution in [0.5, 0.6) is 0 Å². The van der Waals surface area contributed by atoms with Gasteiger partial charge in [0, 0.05) is 7.11 Å². The molecule has 0 bridgehead atoms. The topological polar surface area (TPSA) is 85.2 Å². The van der Waals surface area contributed by atoms with E-state index >= 15 is 0 Å². The summed E-state index contributed by atoms with van der Waals surface area (Å²) in [6.45, 7) is -0.629. The van der Waals surface area contributed by atoms with Gasteiger partial charge in [0.2, 0.25) is 0 Å². The Morgan fingerprint density at radius 1 is 1.44 bits per heavy atom. The number of methoxy groups -OCH3 is 1. The highest BCUT2D eigenvalue weighted by Gasteiger charge is 2.43. The summed E-state index contributed by atoms with van der Waals surface area (Å²) in [5.74, 6) is 0. The van der Waals surface area contributed by atoms with E-state index in [0.29, 0.717) is 0 Å². The zero-order valence-corrected chi connectivity index (χ0v) is 11.4. The molecule has 9 heteroatoms. The molecular formula is C9H19BFO6P. The highest BCUT2D eigenvalue weighted by atomic mass is 31.2. The highest BCUT2D eigenvalue weighted by molar-refractivity contribution is 7.51. The highest BCUT2D eigenvalue weighted by Crippen LogP contribution is 2.38. The lowest BCUT2D eigenvalue weighted by molar-refractivity contribution is -0.0460. The Hall–Kier alpha value is 0.0249. The lowest BCUT2D eigenvalue weighted by Crippen LogP contribution is -2.37. The minimum Gasteiger partial charge on any atom is -0.378 e. The molecule has 0 amide bonds. The largest absolute Gasteiger partial charge is 0.378 e. The molecule has 0 spiro atoms. The molecule has 1 heterocycles. The first-order valence-electron chi connectivity index (χ1n) is 5.79. The van der Waals surface area contributed by atoms with Crippen molar-refractivity contribution in [1.29, 1.82) is 0 Å². The van der Waals surface area contributed by atoms with Gasteiger partial charge < -0.3 is 24.0 Å². The first kappa shape index (κ1) is 16.1. The lowest BCUT2D eigenvalue weighted by Gasteiger charge is -2.22. The first-order valence-corrected chi connectivity index (χ1v) is 7.59. The van der Waals surface area contributed by atoms with E-state index in [1.165, 1.54) is 7.11 Å². The maximum atomic E-state index is 12.1. The number of halogens is 1. The average Bonchev–Trinajstić information content (AvgIpc) is 2.58. The molecule has 106 valence electrons. The van der Waals surface area contributed by atoms with Gasteiger partial charge in [0.15, 0.2) is 0 Å². The summed E-state index contributed by atoms with van der Waals surface area (Å²) >= 11 is 0. The summed E-state index contributed by atoms with van der Waals surface area (Å²) in [5, 5.41) is 0. The predicted molar refractivity (Wildman–Crippen MR) is 65.2 cm³/mol. The second-order valence-electron chi connectivity index (χ2n) is 4.28. The smallest absolute Gasteiger partial charge is 0.325 e. The van der Waals surface area contributed by atoms with Crippen molar-refractivity contribution in [2.45, 2.75) is 30.7 Å². The molecule has 0 saturated carbocycles. The van der Waals surface area contributed by atoms with Crippen molar-refractivity contribution in [3.8, 4) is 0 Å². The SMILES string of the molecule is B[C@@H]1O[C@H](CCP(=O)(O)O)[C@@H](OC)[C@H]1OCCF. The standard InChI is InChI=1S/C9H19BFO6P/c1-15-7-6(2-5-18(12,13)14)17-9(10)8(7)16-4-3-11/h6-9H,2-5,10H2,1H3,(H2,12,13,14)/t6-,7-,8-,9-/m1/s1. The van der Waals surface area contributed by atoms with Gasteiger partial charge in [0.05, 0.1) is 24.9 Å². The van der Waals surface area contributed by atoms with Crippen LogP contribution in [0.4, 0.5) is 4.39 Å². The molecule has 0 aromatic heterocycles. The zero-order valence-electron chi connectivity index (χ0n) is 10.5. The van der Waals surface area contributed by atoms with Crippen LogP contribution in [0.2, 0.25) is 0 Å². The molecule has 0 aromatic rings. The predicted octanol–water partition coefficient (Wildman–Crippen LogP) is -0.718. The van der Waals surface area contributed by atoms with Crippen LogP contribution in [0.3, 0.4) is 0 Å². The van der Waals surface area contributed by atoms with Gasteiger partial charge >= 0.3 is 7.60 Å². The van der Waals surface area contributed by atoms with Crippen LogP contribution < -0.4 is 0 Å². The molecule has 0 unspecified atom stereocenters. The van der Waals surface area contributed by atoms with Crippen LogP contribution in [0, 0.1) is 0 Å². The molecule has 1 rings (SSSR count). The van der Waals surface area contributed by atoms with Gasteiger partial charge in [0.25, 0.3) is 0 Å². The molecule has 0 aliphatic carbocycles. The Labute approximate surface area is 106 Å². The van der Waals surface area contributed by atoms with Crippen LogP contribution in [0.1, 0.15) is 6.42 Å². The van der Waals surface area contributed by atoms with Gasteiger partial charge in [-0.1, -0.05) is 0 Å². The molecule has 6 nitrogen and oxygen atoms in total. The normalized spacial score (nSPS) is 32.9. The molecule has 1 aliphatic heterocycles. The number of hydrogen-bond acceptors (Lipinski definition) is 4. The van der Waals surface area contributed by atoms with E-state index in [9.17, 15) is 8.96 Å². The monoisotopic (exact) mass is 284 g/mol. The summed E-state index contributed by atoms with van der Waals surface area (Å²) in [6, 6.07) is -0.289. The molecule has 0 radical (unpaired) electrons. The minimum absolute atomic E-state index is 0.0383. The van der Waals surface area contributed by atoms with Crippen molar-refractivity contribution in [2.24, 2.45) is 0 Å². The Balaban J connectivity index is 2.56. The molecule has 1 saturated heterocycles. The molecule has 4 atom stereocenters. The maximum absolute atomic E-state index is 12.1. The van der Waals surface area contributed by atoms with E-state index in [1.54, 1.807) is 7.85 Å². The maximum Gasteiger partial charge on any atom is 0.325 e. The summed E-state index contributed by atoms with van der Waals surface area (Å²) in [4.78, 5) is 17.7. The van der Waals surface area contributed by atoms with Crippen molar-refractivity contribution < 1.29 is 33.0 Å². The molecular weight excluding hydrogens is 265 g/mol. The fraction of sp³-hybridized carbons (Fsp3) is 1.00. The second kappa shape index (κ2) is 6.98. The molecule has 0 aromatic carbocycles. The van der Waals surface area contributed by atoms with Crippen LogP contribution in [-0.2, 0) is 18.8 Å². The molecule has 18 heavy (non-hydrogen) atoms. The number of ether oxygens (including phenoxy) is 3. The summed E-state index contributed by atoms with van der Waals surface area (Å²) in [6.07, 6.45) is -1.37.